The van der Waals surface area contributed by atoms with Gasteiger partial charge < -0.3 is 10.2 Å². The molecule has 0 spiro atoms. The Morgan fingerprint density at radius 1 is 1.35 bits per heavy atom. The zero-order valence-corrected chi connectivity index (χ0v) is 13.0. The molecular formula is C17H27FN2. The van der Waals surface area contributed by atoms with E-state index >= 15 is 0 Å². The molecule has 0 heterocycles. The average molecular weight is 278 g/mol. The molecule has 0 radical (unpaired) electrons. The van der Waals surface area contributed by atoms with Crippen molar-refractivity contribution >= 4 is 5.69 Å². The van der Waals surface area contributed by atoms with Crippen molar-refractivity contribution in [1.29, 1.82) is 0 Å². The molecule has 2 nitrogen and oxygen atoms in total. The van der Waals surface area contributed by atoms with Crippen molar-refractivity contribution in [3.63, 3.8) is 0 Å². The minimum absolute atomic E-state index is 0.137. The van der Waals surface area contributed by atoms with Crippen LogP contribution in [0.5, 0.6) is 0 Å². The van der Waals surface area contributed by atoms with E-state index in [1.165, 1.54) is 18.5 Å². The fourth-order valence-corrected chi connectivity index (χ4v) is 2.60. The number of halogens is 1. The Balaban J connectivity index is 2.13. The minimum atomic E-state index is -0.137. The number of rotatable bonds is 8. The normalized spacial score (nSPS) is 14.8. The Bertz CT molecular complexity index is 427. The summed E-state index contributed by atoms with van der Waals surface area (Å²) in [5.41, 5.74) is 2.30. The molecule has 0 amide bonds. The molecule has 1 aromatic rings. The van der Waals surface area contributed by atoms with Crippen LogP contribution in [0.15, 0.2) is 18.2 Å². The van der Waals surface area contributed by atoms with Crippen molar-refractivity contribution in [1.82, 2.24) is 5.32 Å². The van der Waals surface area contributed by atoms with Gasteiger partial charge in [0.1, 0.15) is 5.82 Å². The lowest BCUT2D eigenvalue weighted by atomic mass is 10.1. The molecule has 20 heavy (non-hydrogen) atoms. The van der Waals surface area contributed by atoms with Gasteiger partial charge in [0, 0.05) is 24.8 Å². The van der Waals surface area contributed by atoms with Crippen molar-refractivity contribution in [2.45, 2.75) is 52.6 Å². The van der Waals surface area contributed by atoms with Gasteiger partial charge >= 0.3 is 0 Å². The Kier molecular flexibility index (Phi) is 5.41. The van der Waals surface area contributed by atoms with E-state index in [4.69, 9.17) is 0 Å². The highest BCUT2D eigenvalue weighted by Crippen LogP contribution is 2.34. The minimum Gasteiger partial charge on any atom is -0.368 e. The van der Waals surface area contributed by atoms with Crippen LogP contribution >= 0.6 is 0 Å². The first kappa shape index (κ1) is 15.3. The molecule has 0 aliphatic heterocycles. The van der Waals surface area contributed by atoms with Crippen LogP contribution in [0.25, 0.3) is 0 Å². The summed E-state index contributed by atoms with van der Waals surface area (Å²) in [6.45, 7) is 9.36. The molecule has 112 valence electrons. The summed E-state index contributed by atoms with van der Waals surface area (Å²) < 4.78 is 13.6. The third-order valence-electron chi connectivity index (χ3n) is 3.67. The Morgan fingerprint density at radius 2 is 2.10 bits per heavy atom. The van der Waals surface area contributed by atoms with Crippen LogP contribution in [0.4, 0.5) is 10.1 Å². The fraction of sp³-hybridized carbons (Fsp3) is 0.647. The lowest BCUT2D eigenvalue weighted by Crippen LogP contribution is -2.29. The quantitative estimate of drug-likeness (QED) is 0.774. The van der Waals surface area contributed by atoms with E-state index in [0.717, 1.165) is 31.6 Å². The van der Waals surface area contributed by atoms with Gasteiger partial charge in [0.15, 0.2) is 0 Å². The van der Waals surface area contributed by atoms with E-state index in [1.807, 2.05) is 6.07 Å². The number of anilines is 1. The maximum absolute atomic E-state index is 13.6. The second kappa shape index (κ2) is 7.07. The molecule has 1 N–H and O–H groups in total. The van der Waals surface area contributed by atoms with Gasteiger partial charge in [-0.25, -0.2) is 4.39 Å². The first-order valence-electron chi connectivity index (χ1n) is 7.87. The van der Waals surface area contributed by atoms with Crippen LogP contribution in [0.1, 0.15) is 45.6 Å². The second-order valence-electron chi connectivity index (χ2n) is 6.22. The summed E-state index contributed by atoms with van der Waals surface area (Å²) in [6.07, 6.45) is 3.68. The van der Waals surface area contributed by atoms with Crippen LogP contribution in [0, 0.1) is 11.7 Å². The zero-order valence-electron chi connectivity index (χ0n) is 13.0. The molecule has 0 atom stereocenters. The molecule has 1 aliphatic rings. The highest BCUT2D eigenvalue weighted by Gasteiger charge is 2.29. The summed E-state index contributed by atoms with van der Waals surface area (Å²) in [5.74, 6) is 0.476. The van der Waals surface area contributed by atoms with Crippen LogP contribution in [0.3, 0.4) is 0 Å². The summed E-state index contributed by atoms with van der Waals surface area (Å²) in [7, 11) is 0. The van der Waals surface area contributed by atoms with Crippen molar-refractivity contribution in [2.24, 2.45) is 5.92 Å². The van der Waals surface area contributed by atoms with E-state index in [0.29, 0.717) is 12.0 Å². The molecule has 1 fully saturated rings. The number of hydrogen-bond donors (Lipinski definition) is 1. The lowest BCUT2D eigenvalue weighted by Gasteiger charge is -2.27. The SMILES string of the molecule is CCCN(c1ccc(F)cc1CNCC(C)C)C1CC1. The predicted molar refractivity (Wildman–Crippen MR) is 83.6 cm³/mol. The van der Waals surface area contributed by atoms with Gasteiger partial charge in [0.05, 0.1) is 0 Å². The van der Waals surface area contributed by atoms with Gasteiger partial charge in [-0.1, -0.05) is 20.8 Å². The number of nitrogens with zero attached hydrogens (tertiary/aromatic N) is 1. The molecule has 0 saturated heterocycles. The number of nitrogens with one attached hydrogen (secondary N) is 1. The van der Waals surface area contributed by atoms with E-state index < -0.39 is 0 Å². The smallest absolute Gasteiger partial charge is 0.123 e. The molecule has 2 rings (SSSR count). The van der Waals surface area contributed by atoms with Gasteiger partial charge in [-0.05, 0) is 55.5 Å². The highest BCUT2D eigenvalue weighted by molar-refractivity contribution is 5.55. The molecule has 1 aliphatic carbocycles. The first-order chi connectivity index (χ1) is 9.61. The van der Waals surface area contributed by atoms with E-state index in [2.05, 4.69) is 31.0 Å². The summed E-state index contributed by atoms with van der Waals surface area (Å²) in [5, 5.41) is 3.43. The van der Waals surface area contributed by atoms with Crippen LogP contribution in [0.2, 0.25) is 0 Å². The molecule has 3 heteroatoms. The van der Waals surface area contributed by atoms with Gasteiger partial charge in [0.2, 0.25) is 0 Å². The fourth-order valence-electron chi connectivity index (χ4n) is 2.60. The summed E-state index contributed by atoms with van der Waals surface area (Å²) >= 11 is 0. The largest absolute Gasteiger partial charge is 0.368 e. The van der Waals surface area contributed by atoms with Gasteiger partial charge in [-0.3, -0.25) is 0 Å². The highest BCUT2D eigenvalue weighted by atomic mass is 19.1. The van der Waals surface area contributed by atoms with E-state index in [1.54, 1.807) is 12.1 Å². The summed E-state index contributed by atoms with van der Waals surface area (Å²) in [4.78, 5) is 2.46. The topological polar surface area (TPSA) is 15.3 Å². The summed E-state index contributed by atoms with van der Waals surface area (Å²) in [6, 6.07) is 5.90. The van der Waals surface area contributed by atoms with Gasteiger partial charge in [-0.15, -0.1) is 0 Å². The third-order valence-corrected chi connectivity index (χ3v) is 3.67. The Hall–Kier alpha value is -1.09. The van der Waals surface area contributed by atoms with Gasteiger partial charge in [0.25, 0.3) is 0 Å². The molecular weight excluding hydrogens is 251 g/mol. The Morgan fingerprint density at radius 3 is 2.70 bits per heavy atom. The van der Waals surface area contributed by atoms with Crippen LogP contribution in [-0.4, -0.2) is 19.1 Å². The van der Waals surface area contributed by atoms with E-state index in [-0.39, 0.29) is 5.82 Å². The zero-order chi connectivity index (χ0) is 14.5. The standard InChI is InChI=1S/C17H27FN2/c1-4-9-20(16-6-7-16)17-8-5-15(18)10-14(17)12-19-11-13(2)3/h5,8,10,13,16,19H,4,6-7,9,11-12H2,1-3H3. The van der Waals surface area contributed by atoms with Crippen LogP contribution in [-0.2, 0) is 6.54 Å². The van der Waals surface area contributed by atoms with Crippen LogP contribution < -0.4 is 10.2 Å². The predicted octanol–water partition coefficient (Wildman–Crippen LogP) is 3.95. The van der Waals surface area contributed by atoms with Crippen molar-refractivity contribution in [3.8, 4) is 0 Å². The molecule has 1 saturated carbocycles. The Labute approximate surface area is 122 Å². The van der Waals surface area contributed by atoms with E-state index in [9.17, 15) is 4.39 Å². The number of hydrogen-bond acceptors (Lipinski definition) is 2. The average Bonchev–Trinajstić information content (AvgIpc) is 3.21. The first-order valence-corrected chi connectivity index (χ1v) is 7.87. The monoisotopic (exact) mass is 278 g/mol. The maximum Gasteiger partial charge on any atom is 0.123 e. The molecule has 0 unspecified atom stereocenters. The third kappa shape index (κ3) is 4.20. The van der Waals surface area contributed by atoms with Gasteiger partial charge in [-0.2, -0.15) is 0 Å². The van der Waals surface area contributed by atoms with Crippen molar-refractivity contribution in [2.75, 3.05) is 18.0 Å². The maximum atomic E-state index is 13.6. The second-order valence-corrected chi connectivity index (χ2v) is 6.22. The molecule has 0 bridgehead atoms. The molecule has 1 aromatic carbocycles. The lowest BCUT2D eigenvalue weighted by molar-refractivity contribution is 0.549. The molecule has 0 aromatic heterocycles. The number of benzene rings is 1. The van der Waals surface area contributed by atoms with Crippen molar-refractivity contribution in [3.05, 3.63) is 29.6 Å². The van der Waals surface area contributed by atoms with Crippen molar-refractivity contribution < 1.29 is 4.39 Å².